The lowest BCUT2D eigenvalue weighted by molar-refractivity contribution is 0.362. The van der Waals surface area contributed by atoms with Crippen LogP contribution < -0.4 is 9.47 Å². The third kappa shape index (κ3) is 3.67. The molecule has 0 radical (unpaired) electrons. The van der Waals surface area contributed by atoms with Crippen LogP contribution in [0.3, 0.4) is 0 Å². The average Bonchev–Trinajstić information content (AvgIpc) is 2.42. The van der Waals surface area contributed by atoms with Gasteiger partial charge in [0.25, 0.3) is 0 Å². The molecule has 2 aromatic rings. The van der Waals surface area contributed by atoms with E-state index in [4.69, 9.17) is 9.47 Å². The van der Waals surface area contributed by atoms with E-state index in [1.807, 2.05) is 73.7 Å². The smallest absolute Gasteiger partial charge is 0.127 e. The first-order valence-corrected chi connectivity index (χ1v) is 5.95. The number of hydrogen-bond donors (Lipinski definition) is 0. The summed E-state index contributed by atoms with van der Waals surface area (Å²) in [5.41, 5.74) is 0. The Bertz CT molecular complexity index is 486. The second kappa shape index (κ2) is 6.50. The molecule has 2 rings (SSSR count). The summed E-state index contributed by atoms with van der Waals surface area (Å²) in [4.78, 5) is 0. The van der Waals surface area contributed by atoms with Crippen LogP contribution in [0.2, 0.25) is 0 Å². The maximum absolute atomic E-state index is 5.69. The first kappa shape index (κ1) is 12.2. The summed E-state index contributed by atoms with van der Waals surface area (Å²) in [7, 11) is 0. The predicted octanol–water partition coefficient (Wildman–Crippen LogP) is 4.43. The zero-order valence-corrected chi connectivity index (χ0v) is 10.4. The van der Waals surface area contributed by atoms with Crippen LogP contribution in [0.5, 0.6) is 17.2 Å². The van der Waals surface area contributed by atoms with Crippen LogP contribution in [0.15, 0.2) is 66.7 Å². The minimum atomic E-state index is 0.593. The van der Waals surface area contributed by atoms with Gasteiger partial charge in [0.2, 0.25) is 0 Å². The van der Waals surface area contributed by atoms with Crippen LogP contribution >= 0.6 is 0 Å². The molecule has 0 N–H and O–H groups in total. The molecule has 0 aliphatic heterocycles. The number of hydrogen-bond acceptors (Lipinski definition) is 2. The van der Waals surface area contributed by atoms with Gasteiger partial charge in [0.05, 0.1) is 0 Å². The van der Waals surface area contributed by atoms with E-state index in [-0.39, 0.29) is 0 Å². The highest BCUT2D eigenvalue weighted by molar-refractivity contribution is 5.35. The van der Waals surface area contributed by atoms with Crippen molar-refractivity contribution in [3.8, 4) is 17.2 Å². The fourth-order valence-electron chi connectivity index (χ4n) is 1.47. The van der Waals surface area contributed by atoms with Crippen molar-refractivity contribution >= 4 is 0 Å². The topological polar surface area (TPSA) is 18.5 Å². The van der Waals surface area contributed by atoms with E-state index >= 15 is 0 Å². The van der Waals surface area contributed by atoms with Crippen molar-refractivity contribution in [3.05, 3.63) is 66.7 Å². The molecule has 0 aliphatic rings. The summed E-state index contributed by atoms with van der Waals surface area (Å²) in [6.45, 7) is 2.57. The molecule has 0 aromatic heterocycles. The maximum atomic E-state index is 5.69. The van der Waals surface area contributed by atoms with Crippen LogP contribution in [0, 0.1) is 0 Å². The molecule has 0 saturated heterocycles. The van der Waals surface area contributed by atoms with Gasteiger partial charge in [-0.1, -0.05) is 30.4 Å². The van der Waals surface area contributed by atoms with Crippen molar-refractivity contribution in [1.82, 2.24) is 0 Å². The molecule has 0 spiro atoms. The molecule has 0 atom stereocenters. The fraction of sp³-hybridized carbons (Fsp3) is 0.125. The second-order valence-corrected chi connectivity index (χ2v) is 3.77. The second-order valence-electron chi connectivity index (χ2n) is 3.77. The standard InChI is InChI=1S/C16H16O2/c1-2-3-13-17-14-9-11-16(12-10-14)18-15-7-5-4-6-8-15/h2-12H,13H2,1H3. The third-order valence-corrected chi connectivity index (χ3v) is 2.38. The van der Waals surface area contributed by atoms with Gasteiger partial charge >= 0.3 is 0 Å². The van der Waals surface area contributed by atoms with Crippen molar-refractivity contribution in [1.29, 1.82) is 0 Å². The lowest BCUT2D eigenvalue weighted by atomic mass is 10.3. The van der Waals surface area contributed by atoms with Crippen molar-refractivity contribution in [3.63, 3.8) is 0 Å². The Kier molecular flexibility index (Phi) is 4.42. The summed E-state index contributed by atoms with van der Waals surface area (Å²) >= 11 is 0. The Morgan fingerprint density at radius 2 is 1.44 bits per heavy atom. The first-order valence-electron chi connectivity index (χ1n) is 5.95. The molecule has 0 amide bonds. The molecule has 2 heteroatoms. The molecule has 0 fully saturated rings. The zero-order valence-electron chi connectivity index (χ0n) is 10.4. The Hall–Kier alpha value is -2.22. The first-order chi connectivity index (χ1) is 8.88. The van der Waals surface area contributed by atoms with E-state index < -0.39 is 0 Å². The molecule has 2 nitrogen and oxygen atoms in total. The molecular weight excluding hydrogens is 224 g/mol. The summed E-state index contributed by atoms with van der Waals surface area (Å²) in [5, 5.41) is 0. The molecule has 0 aliphatic carbocycles. The van der Waals surface area contributed by atoms with E-state index in [0.29, 0.717) is 6.61 Å². The molecule has 18 heavy (non-hydrogen) atoms. The summed E-state index contributed by atoms with van der Waals surface area (Å²) in [5.74, 6) is 2.48. The van der Waals surface area contributed by atoms with E-state index in [0.717, 1.165) is 17.2 Å². The highest BCUT2D eigenvalue weighted by Gasteiger charge is 1.97. The lowest BCUT2D eigenvalue weighted by Gasteiger charge is -2.07. The zero-order chi connectivity index (χ0) is 12.6. The third-order valence-electron chi connectivity index (χ3n) is 2.38. The molecule has 0 bridgehead atoms. The van der Waals surface area contributed by atoms with E-state index in [2.05, 4.69) is 0 Å². The number of rotatable bonds is 5. The van der Waals surface area contributed by atoms with Gasteiger partial charge in [0.1, 0.15) is 23.9 Å². The van der Waals surface area contributed by atoms with Crippen LogP contribution in [0.25, 0.3) is 0 Å². The quantitative estimate of drug-likeness (QED) is 0.719. The van der Waals surface area contributed by atoms with E-state index in [1.54, 1.807) is 0 Å². The van der Waals surface area contributed by atoms with Crippen molar-refractivity contribution < 1.29 is 9.47 Å². The van der Waals surface area contributed by atoms with Gasteiger partial charge in [0.15, 0.2) is 0 Å². The summed E-state index contributed by atoms with van der Waals surface area (Å²) < 4.78 is 11.2. The Labute approximate surface area is 107 Å². The van der Waals surface area contributed by atoms with Crippen molar-refractivity contribution in [2.24, 2.45) is 0 Å². The molecular formula is C16H16O2. The van der Waals surface area contributed by atoms with Crippen molar-refractivity contribution in [2.75, 3.05) is 6.61 Å². The number of ether oxygens (including phenoxy) is 2. The Morgan fingerprint density at radius 1 is 0.833 bits per heavy atom. The highest BCUT2D eigenvalue weighted by atomic mass is 16.5. The van der Waals surface area contributed by atoms with Crippen LogP contribution in [0.4, 0.5) is 0 Å². The molecule has 0 saturated carbocycles. The predicted molar refractivity (Wildman–Crippen MR) is 73.3 cm³/mol. The number of para-hydroxylation sites is 1. The molecule has 0 heterocycles. The van der Waals surface area contributed by atoms with Gasteiger partial charge in [-0.15, -0.1) is 0 Å². The average molecular weight is 240 g/mol. The SMILES string of the molecule is CC=CCOc1ccc(Oc2ccccc2)cc1. The van der Waals surface area contributed by atoms with Gasteiger partial charge in [-0.3, -0.25) is 0 Å². The van der Waals surface area contributed by atoms with Gasteiger partial charge in [-0.2, -0.15) is 0 Å². The maximum Gasteiger partial charge on any atom is 0.127 e. The largest absolute Gasteiger partial charge is 0.490 e. The monoisotopic (exact) mass is 240 g/mol. The van der Waals surface area contributed by atoms with Crippen LogP contribution in [-0.2, 0) is 0 Å². The normalized spacial score (nSPS) is 10.5. The number of allylic oxidation sites excluding steroid dienone is 1. The summed E-state index contributed by atoms with van der Waals surface area (Å²) in [6, 6.07) is 17.3. The van der Waals surface area contributed by atoms with Gasteiger partial charge in [0, 0.05) is 0 Å². The van der Waals surface area contributed by atoms with Crippen LogP contribution in [0.1, 0.15) is 6.92 Å². The lowest BCUT2D eigenvalue weighted by Crippen LogP contribution is -1.92. The van der Waals surface area contributed by atoms with Gasteiger partial charge < -0.3 is 9.47 Å². The Balaban J connectivity index is 1.95. The molecule has 92 valence electrons. The van der Waals surface area contributed by atoms with E-state index in [1.165, 1.54) is 0 Å². The van der Waals surface area contributed by atoms with Gasteiger partial charge in [-0.25, -0.2) is 0 Å². The summed E-state index contributed by atoms with van der Waals surface area (Å²) in [6.07, 6.45) is 3.93. The molecule has 0 unspecified atom stereocenters. The van der Waals surface area contributed by atoms with Gasteiger partial charge in [-0.05, 0) is 43.3 Å². The van der Waals surface area contributed by atoms with E-state index in [9.17, 15) is 0 Å². The minimum Gasteiger partial charge on any atom is -0.490 e. The Morgan fingerprint density at radius 3 is 2.11 bits per heavy atom. The number of benzene rings is 2. The highest BCUT2D eigenvalue weighted by Crippen LogP contribution is 2.23. The van der Waals surface area contributed by atoms with Crippen molar-refractivity contribution in [2.45, 2.75) is 6.92 Å². The minimum absolute atomic E-state index is 0.593. The fourth-order valence-corrected chi connectivity index (χ4v) is 1.47. The molecule has 2 aromatic carbocycles. The van der Waals surface area contributed by atoms with Crippen LogP contribution in [-0.4, -0.2) is 6.61 Å².